The first-order chi connectivity index (χ1) is 21.6. The maximum Gasteiger partial charge on any atom is 0.322 e. The number of benzene rings is 4. The molecule has 4 aromatic carbocycles. The van der Waals surface area contributed by atoms with Crippen LogP contribution in [-0.4, -0.2) is 62.6 Å². The Labute approximate surface area is 263 Å². The smallest absolute Gasteiger partial charge is 0.322 e. The highest BCUT2D eigenvalue weighted by Gasteiger charge is 2.28. The van der Waals surface area contributed by atoms with E-state index in [1.807, 2.05) is 54.6 Å². The average molecular weight is 629 g/mol. The number of nitrogens with one attached hydrogen (secondary N) is 1. The fourth-order valence-corrected chi connectivity index (χ4v) is 6.46. The third-order valence-corrected chi connectivity index (χ3v) is 9.11. The SMILES string of the molecule is CC(C)[C@@H](NS(=O)(=O)c1ccc(-c2ccc(COc3ccc(C(=O)N4CCOCC4)cc3)cc2)c(-c2ccccc2)c1)C(=O)O. The van der Waals surface area contributed by atoms with Gasteiger partial charge in [-0.1, -0.05) is 74.5 Å². The minimum absolute atomic E-state index is 0.0142. The van der Waals surface area contributed by atoms with E-state index in [9.17, 15) is 23.1 Å². The molecule has 5 rings (SSSR count). The molecule has 9 nitrogen and oxygen atoms in total. The van der Waals surface area contributed by atoms with Crippen molar-refractivity contribution in [2.24, 2.45) is 5.92 Å². The summed E-state index contributed by atoms with van der Waals surface area (Å²) in [7, 11) is -4.11. The van der Waals surface area contributed by atoms with E-state index in [-0.39, 0.29) is 10.8 Å². The van der Waals surface area contributed by atoms with E-state index in [2.05, 4.69) is 4.72 Å². The molecule has 0 aromatic heterocycles. The van der Waals surface area contributed by atoms with Gasteiger partial charge in [-0.25, -0.2) is 8.42 Å². The number of carboxylic acid groups (broad SMARTS) is 1. The van der Waals surface area contributed by atoms with E-state index < -0.39 is 28.0 Å². The Morgan fingerprint density at radius 1 is 0.867 bits per heavy atom. The van der Waals surface area contributed by atoms with E-state index in [0.29, 0.717) is 49.8 Å². The molecule has 0 radical (unpaired) electrons. The Kier molecular flexibility index (Phi) is 9.97. The summed E-state index contributed by atoms with van der Waals surface area (Å²) in [5, 5.41) is 9.53. The molecule has 234 valence electrons. The lowest BCUT2D eigenvalue weighted by atomic mass is 9.94. The van der Waals surface area contributed by atoms with Crippen LogP contribution in [0.5, 0.6) is 5.75 Å². The molecule has 0 saturated carbocycles. The van der Waals surface area contributed by atoms with Crippen LogP contribution >= 0.6 is 0 Å². The summed E-state index contributed by atoms with van der Waals surface area (Å²) in [6, 6.07) is 27.9. The molecular formula is C35H36N2O7S. The topological polar surface area (TPSA) is 122 Å². The van der Waals surface area contributed by atoms with E-state index in [0.717, 1.165) is 22.3 Å². The fourth-order valence-electron chi connectivity index (χ4n) is 5.10. The summed E-state index contributed by atoms with van der Waals surface area (Å²) in [6.45, 7) is 5.92. The lowest BCUT2D eigenvalue weighted by Gasteiger charge is -2.26. The van der Waals surface area contributed by atoms with Gasteiger partial charge in [0.05, 0.1) is 18.1 Å². The van der Waals surface area contributed by atoms with Gasteiger partial charge < -0.3 is 19.5 Å². The molecule has 1 amide bonds. The van der Waals surface area contributed by atoms with Crippen molar-refractivity contribution in [1.82, 2.24) is 9.62 Å². The summed E-state index contributed by atoms with van der Waals surface area (Å²) in [4.78, 5) is 26.1. The molecule has 0 aliphatic carbocycles. The molecule has 45 heavy (non-hydrogen) atoms. The number of sulfonamides is 1. The maximum atomic E-state index is 13.2. The van der Waals surface area contributed by atoms with Crippen LogP contribution < -0.4 is 9.46 Å². The predicted molar refractivity (Wildman–Crippen MR) is 171 cm³/mol. The molecule has 2 N–H and O–H groups in total. The van der Waals surface area contributed by atoms with Crippen molar-refractivity contribution in [3.63, 3.8) is 0 Å². The second kappa shape index (κ2) is 14.1. The van der Waals surface area contributed by atoms with Gasteiger partial charge in [0.1, 0.15) is 18.4 Å². The number of carbonyl (C=O) groups excluding carboxylic acids is 1. The zero-order valence-electron chi connectivity index (χ0n) is 25.2. The zero-order valence-corrected chi connectivity index (χ0v) is 26.0. The lowest BCUT2D eigenvalue weighted by Crippen LogP contribution is -2.44. The fraction of sp³-hybridized carbons (Fsp3) is 0.257. The van der Waals surface area contributed by atoms with Crippen molar-refractivity contribution in [2.45, 2.75) is 31.4 Å². The van der Waals surface area contributed by atoms with Crippen molar-refractivity contribution in [3.8, 4) is 28.0 Å². The molecule has 1 aliphatic rings. The van der Waals surface area contributed by atoms with Crippen molar-refractivity contribution in [1.29, 1.82) is 0 Å². The maximum absolute atomic E-state index is 13.2. The molecular weight excluding hydrogens is 592 g/mol. The van der Waals surface area contributed by atoms with Crippen molar-refractivity contribution in [2.75, 3.05) is 26.3 Å². The van der Waals surface area contributed by atoms with Crippen LogP contribution in [0.2, 0.25) is 0 Å². The molecule has 0 spiro atoms. The monoisotopic (exact) mass is 628 g/mol. The highest BCUT2D eigenvalue weighted by Crippen LogP contribution is 2.34. The molecule has 10 heteroatoms. The summed E-state index contributed by atoms with van der Waals surface area (Å²) >= 11 is 0. The number of amides is 1. The lowest BCUT2D eigenvalue weighted by molar-refractivity contribution is -0.140. The molecule has 1 heterocycles. The predicted octanol–water partition coefficient (Wildman–Crippen LogP) is 5.46. The number of hydrogen-bond donors (Lipinski definition) is 2. The van der Waals surface area contributed by atoms with Gasteiger partial charge in [0.15, 0.2) is 0 Å². The zero-order chi connectivity index (χ0) is 32.0. The number of carbonyl (C=O) groups is 2. The van der Waals surface area contributed by atoms with Gasteiger partial charge in [-0.05, 0) is 70.1 Å². The minimum Gasteiger partial charge on any atom is -0.489 e. The molecule has 1 saturated heterocycles. The summed E-state index contributed by atoms with van der Waals surface area (Å²) in [5.74, 6) is -1.03. The molecule has 0 bridgehead atoms. The van der Waals surface area contributed by atoms with Crippen LogP contribution in [0, 0.1) is 5.92 Å². The number of hydrogen-bond acceptors (Lipinski definition) is 6. The Hall–Kier alpha value is -4.51. The van der Waals surface area contributed by atoms with Gasteiger partial charge in [0.2, 0.25) is 10.0 Å². The van der Waals surface area contributed by atoms with E-state index in [1.165, 1.54) is 6.07 Å². The Morgan fingerprint density at radius 2 is 1.51 bits per heavy atom. The van der Waals surface area contributed by atoms with E-state index in [1.54, 1.807) is 55.1 Å². The van der Waals surface area contributed by atoms with Crippen LogP contribution in [0.25, 0.3) is 22.3 Å². The van der Waals surface area contributed by atoms with Gasteiger partial charge >= 0.3 is 5.97 Å². The molecule has 4 aromatic rings. The number of aliphatic carboxylic acids is 1. The van der Waals surface area contributed by atoms with E-state index >= 15 is 0 Å². The number of carboxylic acids is 1. The Bertz CT molecular complexity index is 1730. The van der Waals surface area contributed by atoms with Crippen LogP contribution in [0.15, 0.2) is 102 Å². The third-order valence-electron chi connectivity index (χ3n) is 7.67. The molecule has 0 unspecified atom stereocenters. The highest BCUT2D eigenvalue weighted by atomic mass is 32.2. The van der Waals surface area contributed by atoms with Gasteiger partial charge in [0.25, 0.3) is 5.91 Å². The highest BCUT2D eigenvalue weighted by molar-refractivity contribution is 7.89. The number of ether oxygens (including phenoxy) is 2. The van der Waals surface area contributed by atoms with E-state index in [4.69, 9.17) is 9.47 Å². The van der Waals surface area contributed by atoms with Crippen LogP contribution in [0.3, 0.4) is 0 Å². The second-order valence-electron chi connectivity index (χ2n) is 11.2. The number of rotatable bonds is 11. The Morgan fingerprint density at radius 3 is 2.13 bits per heavy atom. The van der Waals surface area contributed by atoms with Crippen LogP contribution in [0.1, 0.15) is 29.8 Å². The Balaban J connectivity index is 1.32. The second-order valence-corrected chi connectivity index (χ2v) is 12.9. The minimum atomic E-state index is -4.11. The molecule has 1 aliphatic heterocycles. The van der Waals surface area contributed by atoms with Gasteiger partial charge in [-0.2, -0.15) is 4.72 Å². The normalized spacial score (nSPS) is 14.2. The number of morpholine rings is 1. The van der Waals surface area contributed by atoms with Crippen molar-refractivity contribution >= 4 is 21.9 Å². The summed E-state index contributed by atoms with van der Waals surface area (Å²) in [5.41, 5.74) is 4.78. The summed E-state index contributed by atoms with van der Waals surface area (Å²) < 4.78 is 40.1. The molecule has 1 atom stereocenters. The first-order valence-corrected chi connectivity index (χ1v) is 16.2. The third kappa shape index (κ3) is 7.78. The largest absolute Gasteiger partial charge is 0.489 e. The average Bonchev–Trinajstić information content (AvgIpc) is 3.06. The number of nitrogens with zero attached hydrogens (tertiary/aromatic N) is 1. The molecule has 1 fully saturated rings. The van der Waals surface area contributed by atoms with Gasteiger partial charge in [-0.3, -0.25) is 9.59 Å². The van der Waals surface area contributed by atoms with Crippen LogP contribution in [0.4, 0.5) is 0 Å². The first-order valence-electron chi connectivity index (χ1n) is 14.8. The van der Waals surface area contributed by atoms with Gasteiger partial charge in [-0.15, -0.1) is 0 Å². The van der Waals surface area contributed by atoms with Crippen molar-refractivity contribution < 1.29 is 32.6 Å². The van der Waals surface area contributed by atoms with Crippen molar-refractivity contribution in [3.05, 3.63) is 108 Å². The summed E-state index contributed by atoms with van der Waals surface area (Å²) in [6.07, 6.45) is 0. The first kappa shape index (κ1) is 31.9. The van der Waals surface area contributed by atoms with Crippen LogP contribution in [-0.2, 0) is 26.2 Å². The quantitative estimate of drug-likeness (QED) is 0.226. The van der Waals surface area contributed by atoms with Gasteiger partial charge in [0, 0.05) is 18.7 Å². The standard InChI is InChI=1S/C35H36N2O7S/c1-24(2)33(35(39)40)36-45(41,42)30-16-17-31(32(22-30)26-6-4-3-5-7-26)27-10-8-25(9-11-27)23-44-29-14-12-28(13-15-29)34(38)37-18-20-43-21-19-37/h3-17,22,24,33,36H,18-21,23H2,1-2H3,(H,39,40)/t33-/m1/s1.